The second-order valence-electron chi connectivity index (χ2n) is 6.37. The van der Waals surface area contributed by atoms with E-state index < -0.39 is 0 Å². The van der Waals surface area contributed by atoms with Crippen LogP contribution in [0.15, 0.2) is 24.3 Å². The van der Waals surface area contributed by atoms with Crippen LogP contribution in [-0.4, -0.2) is 17.9 Å². The fraction of sp³-hybridized carbons (Fsp3) is 0.562. The number of nitrogen functional groups attached to an aromatic ring is 1. The summed E-state index contributed by atoms with van der Waals surface area (Å²) in [4.78, 5) is 14.4. The molecule has 1 unspecified atom stereocenters. The minimum atomic E-state index is 0.145. The predicted molar refractivity (Wildman–Crippen MR) is 78.5 cm³/mol. The average molecular weight is 260 g/mol. The van der Waals surface area contributed by atoms with Gasteiger partial charge in [0.15, 0.2) is 0 Å². The molecule has 0 aliphatic heterocycles. The van der Waals surface area contributed by atoms with E-state index in [1.807, 2.05) is 36.2 Å². The molecular formula is C16H24N2O. The maximum Gasteiger partial charge on any atom is 0.226 e. The second kappa shape index (κ2) is 5.24. The highest BCUT2D eigenvalue weighted by molar-refractivity contribution is 5.79. The molecule has 1 fully saturated rings. The maximum atomic E-state index is 12.5. The summed E-state index contributed by atoms with van der Waals surface area (Å²) in [5.41, 5.74) is 7.70. The topological polar surface area (TPSA) is 46.3 Å². The SMILES string of the molecule is CN(Cc1ccc(N)cc1)C(=O)C1CCCC1(C)C. The molecule has 0 saturated heterocycles. The zero-order chi connectivity index (χ0) is 14.0. The highest BCUT2D eigenvalue weighted by Gasteiger charge is 2.40. The van der Waals surface area contributed by atoms with Crippen molar-refractivity contribution in [1.82, 2.24) is 4.90 Å². The Morgan fingerprint density at radius 1 is 1.37 bits per heavy atom. The lowest BCUT2D eigenvalue weighted by atomic mass is 9.81. The summed E-state index contributed by atoms with van der Waals surface area (Å²) in [7, 11) is 1.90. The van der Waals surface area contributed by atoms with E-state index >= 15 is 0 Å². The molecule has 104 valence electrons. The lowest BCUT2D eigenvalue weighted by Crippen LogP contribution is -2.37. The summed E-state index contributed by atoms with van der Waals surface area (Å²) < 4.78 is 0. The van der Waals surface area contributed by atoms with E-state index in [1.54, 1.807) is 0 Å². The molecule has 0 spiro atoms. The first-order chi connectivity index (χ1) is 8.90. The number of anilines is 1. The van der Waals surface area contributed by atoms with Gasteiger partial charge in [-0.25, -0.2) is 0 Å². The van der Waals surface area contributed by atoms with E-state index in [4.69, 9.17) is 5.73 Å². The van der Waals surface area contributed by atoms with Gasteiger partial charge in [0.1, 0.15) is 0 Å². The van der Waals surface area contributed by atoms with Gasteiger partial charge < -0.3 is 10.6 Å². The van der Waals surface area contributed by atoms with E-state index in [0.29, 0.717) is 6.54 Å². The first kappa shape index (κ1) is 13.9. The molecular weight excluding hydrogens is 236 g/mol. The molecule has 1 aliphatic carbocycles. The van der Waals surface area contributed by atoms with Crippen molar-refractivity contribution in [1.29, 1.82) is 0 Å². The summed E-state index contributed by atoms with van der Waals surface area (Å²) in [5.74, 6) is 0.450. The monoisotopic (exact) mass is 260 g/mol. The lowest BCUT2D eigenvalue weighted by Gasteiger charge is -2.30. The van der Waals surface area contributed by atoms with Crippen LogP contribution in [-0.2, 0) is 11.3 Å². The Labute approximate surface area is 115 Å². The van der Waals surface area contributed by atoms with E-state index in [1.165, 1.54) is 6.42 Å². The number of carbonyl (C=O) groups is 1. The first-order valence-electron chi connectivity index (χ1n) is 6.99. The Morgan fingerprint density at radius 2 is 2.00 bits per heavy atom. The molecule has 1 aromatic carbocycles. The summed E-state index contributed by atoms with van der Waals surface area (Å²) >= 11 is 0. The van der Waals surface area contributed by atoms with Gasteiger partial charge in [-0.1, -0.05) is 32.4 Å². The summed E-state index contributed by atoms with van der Waals surface area (Å²) in [6, 6.07) is 7.73. The summed E-state index contributed by atoms with van der Waals surface area (Å²) in [6.45, 7) is 5.07. The summed E-state index contributed by atoms with van der Waals surface area (Å²) in [6.07, 6.45) is 3.34. The van der Waals surface area contributed by atoms with Crippen LogP contribution in [0.3, 0.4) is 0 Å². The zero-order valence-electron chi connectivity index (χ0n) is 12.1. The molecule has 19 heavy (non-hydrogen) atoms. The van der Waals surface area contributed by atoms with Gasteiger partial charge >= 0.3 is 0 Å². The normalized spacial score (nSPS) is 21.3. The molecule has 0 bridgehead atoms. The third-order valence-electron chi connectivity index (χ3n) is 4.33. The van der Waals surface area contributed by atoms with Crippen LogP contribution in [0.25, 0.3) is 0 Å². The van der Waals surface area contributed by atoms with Gasteiger partial charge in [0.25, 0.3) is 0 Å². The molecule has 1 amide bonds. The van der Waals surface area contributed by atoms with E-state index in [9.17, 15) is 4.79 Å². The van der Waals surface area contributed by atoms with Crippen molar-refractivity contribution in [3.8, 4) is 0 Å². The number of carbonyl (C=O) groups excluding carboxylic acids is 1. The Morgan fingerprint density at radius 3 is 2.53 bits per heavy atom. The number of rotatable bonds is 3. The van der Waals surface area contributed by atoms with E-state index in [-0.39, 0.29) is 17.2 Å². The molecule has 3 nitrogen and oxygen atoms in total. The Hall–Kier alpha value is -1.51. The molecule has 3 heteroatoms. The molecule has 1 saturated carbocycles. The van der Waals surface area contributed by atoms with E-state index in [2.05, 4.69) is 13.8 Å². The largest absolute Gasteiger partial charge is 0.399 e. The zero-order valence-corrected chi connectivity index (χ0v) is 12.1. The quantitative estimate of drug-likeness (QED) is 0.849. The van der Waals surface area contributed by atoms with Gasteiger partial charge in [0.05, 0.1) is 0 Å². The third kappa shape index (κ3) is 3.09. The molecule has 1 atom stereocenters. The summed E-state index contributed by atoms with van der Waals surface area (Å²) in [5, 5.41) is 0. The van der Waals surface area contributed by atoms with Crippen molar-refractivity contribution in [2.45, 2.75) is 39.7 Å². The Bertz CT molecular complexity index is 450. The molecule has 2 N–H and O–H groups in total. The minimum Gasteiger partial charge on any atom is -0.399 e. The van der Waals surface area contributed by atoms with Crippen LogP contribution >= 0.6 is 0 Å². The fourth-order valence-corrected chi connectivity index (χ4v) is 3.03. The number of amides is 1. The molecule has 1 aliphatic rings. The molecule has 0 heterocycles. The van der Waals surface area contributed by atoms with Crippen LogP contribution in [0.5, 0.6) is 0 Å². The molecule has 0 aromatic heterocycles. The molecule has 2 rings (SSSR count). The van der Waals surface area contributed by atoms with Gasteiger partial charge in [-0.2, -0.15) is 0 Å². The van der Waals surface area contributed by atoms with Gasteiger partial charge in [0.2, 0.25) is 5.91 Å². The van der Waals surface area contributed by atoms with Crippen LogP contribution in [0.1, 0.15) is 38.7 Å². The number of benzene rings is 1. The van der Waals surface area contributed by atoms with Crippen molar-refractivity contribution in [3.05, 3.63) is 29.8 Å². The smallest absolute Gasteiger partial charge is 0.226 e. The highest BCUT2D eigenvalue weighted by atomic mass is 16.2. The van der Waals surface area contributed by atoms with Crippen molar-refractivity contribution in [3.63, 3.8) is 0 Å². The van der Waals surface area contributed by atoms with E-state index in [0.717, 1.165) is 24.1 Å². The lowest BCUT2D eigenvalue weighted by molar-refractivity contribution is -0.137. The Balaban J connectivity index is 2.01. The third-order valence-corrected chi connectivity index (χ3v) is 4.33. The first-order valence-corrected chi connectivity index (χ1v) is 6.99. The van der Waals surface area contributed by atoms with Crippen molar-refractivity contribution in [2.24, 2.45) is 11.3 Å². The van der Waals surface area contributed by atoms with Crippen molar-refractivity contribution >= 4 is 11.6 Å². The van der Waals surface area contributed by atoms with Gasteiger partial charge in [-0.3, -0.25) is 4.79 Å². The average Bonchev–Trinajstić information content (AvgIpc) is 2.71. The number of hydrogen-bond acceptors (Lipinski definition) is 2. The number of nitrogens with zero attached hydrogens (tertiary/aromatic N) is 1. The Kier molecular flexibility index (Phi) is 3.83. The number of nitrogens with two attached hydrogens (primary N) is 1. The van der Waals surface area contributed by atoms with Gasteiger partial charge in [0, 0.05) is 25.2 Å². The fourth-order valence-electron chi connectivity index (χ4n) is 3.03. The van der Waals surface area contributed by atoms with Gasteiger partial charge in [-0.05, 0) is 36.0 Å². The van der Waals surface area contributed by atoms with Crippen LogP contribution < -0.4 is 5.73 Å². The van der Waals surface area contributed by atoms with Crippen molar-refractivity contribution < 1.29 is 4.79 Å². The van der Waals surface area contributed by atoms with Crippen molar-refractivity contribution in [2.75, 3.05) is 12.8 Å². The standard InChI is InChI=1S/C16H24N2O/c1-16(2)10-4-5-14(16)15(19)18(3)11-12-6-8-13(17)9-7-12/h6-9,14H,4-5,10-11,17H2,1-3H3. The maximum absolute atomic E-state index is 12.5. The molecule has 0 radical (unpaired) electrons. The highest BCUT2D eigenvalue weighted by Crippen LogP contribution is 2.43. The molecule has 1 aromatic rings. The van der Waals surface area contributed by atoms with Gasteiger partial charge in [-0.15, -0.1) is 0 Å². The minimum absolute atomic E-state index is 0.145. The predicted octanol–water partition coefficient (Wildman–Crippen LogP) is 3.05. The van der Waals surface area contributed by atoms with Crippen LogP contribution in [0.2, 0.25) is 0 Å². The second-order valence-corrected chi connectivity index (χ2v) is 6.37. The van der Waals surface area contributed by atoms with Crippen LogP contribution in [0.4, 0.5) is 5.69 Å². The van der Waals surface area contributed by atoms with Crippen LogP contribution in [0, 0.1) is 11.3 Å². The number of hydrogen-bond donors (Lipinski definition) is 1.